The molecule has 2 aromatic carbocycles. The lowest BCUT2D eigenvalue weighted by atomic mass is 10.1. The van der Waals surface area contributed by atoms with Crippen molar-refractivity contribution in [2.45, 2.75) is 13.0 Å². The van der Waals surface area contributed by atoms with Gasteiger partial charge in [0, 0.05) is 36.7 Å². The maximum Gasteiger partial charge on any atom is 0.329 e. The first kappa shape index (κ1) is 22.1. The summed E-state index contributed by atoms with van der Waals surface area (Å²) in [5.74, 6) is 0.359. The molecule has 0 bridgehead atoms. The number of aliphatic carboxylic acids is 1. The molecule has 0 atom stereocenters. The first-order valence-corrected chi connectivity index (χ1v) is 9.94. The SMILES string of the molecule is CN(Cc1ccccc1OCCCOCC(=O)O)C(=O)c1ccc(-c2ccco2)cc1. The van der Waals surface area contributed by atoms with Crippen LogP contribution < -0.4 is 4.74 Å². The second-order valence-electron chi connectivity index (χ2n) is 6.97. The van der Waals surface area contributed by atoms with E-state index in [1.807, 2.05) is 48.5 Å². The molecule has 7 nitrogen and oxygen atoms in total. The highest BCUT2D eigenvalue weighted by atomic mass is 16.5. The number of benzene rings is 2. The number of amides is 1. The number of hydrogen-bond acceptors (Lipinski definition) is 5. The summed E-state index contributed by atoms with van der Waals surface area (Å²) >= 11 is 0. The van der Waals surface area contributed by atoms with Gasteiger partial charge in [0.05, 0.1) is 19.5 Å². The Labute approximate surface area is 180 Å². The highest BCUT2D eigenvalue weighted by Crippen LogP contribution is 2.22. The minimum atomic E-state index is -0.991. The van der Waals surface area contributed by atoms with E-state index in [2.05, 4.69) is 0 Å². The van der Waals surface area contributed by atoms with Gasteiger partial charge in [-0.15, -0.1) is 0 Å². The zero-order valence-corrected chi connectivity index (χ0v) is 17.3. The van der Waals surface area contributed by atoms with Crippen LogP contribution in [0.1, 0.15) is 22.3 Å². The van der Waals surface area contributed by atoms with E-state index in [1.165, 1.54) is 0 Å². The first-order chi connectivity index (χ1) is 15.0. The standard InChI is InChI=1S/C24H25NO6/c1-25(24(28)19-11-9-18(10-12-19)21-8-4-14-30-21)16-20-6-2-3-7-22(20)31-15-5-13-29-17-23(26)27/h2-4,6-12,14H,5,13,15-17H2,1H3,(H,26,27). The molecule has 1 amide bonds. The van der Waals surface area contributed by atoms with Crippen LogP contribution in [0.4, 0.5) is 0 Å². The summed E-state index contributed by atoms with van der Waals surface area (Å²) < 4.78 is 16.2. The Morgan fingerprint density at radius 1 is 1.00 bits per heavy atom. The van der Waals surface area contributed by atoms with Gasteiger partial charge in [-0.3, -0.25) is 4.79 Å². The van der Waals surface area contributed by atoms with Gasteiger partial charge in [0.2, 0.25) is 0 Å². The normalized spacial score (nSPS) is 10.6. The largest absolute Gasteiger partial charge is 0.493 e. The third kappa shape index (κ3) is 6.45. The van der Waals surface area contributed by atoms with E-state index in [9.17, 15) is 9.59 Å². The van der Waals surface area contributed by atoms with Crippen molar-refractivity contribution in [3.8, 4) is 17.1 Å². The fourth-order valence-corrected chi connectivity index (χ4v) is 3.05. The van der Waals surface area contributed by atoms with Crippen LogP contribution >= 0.6 is 0 Å². The number of rotatable bonds is 11. The zero-order chi connectivity index (χ0) is 22.1. The van der Waals surface area contributed by atoms with Crippen molar-refractivity contribution in [1.29, 1.82) is 0 Å². The second-order valence-corrected chi connectivity index (χ2v) is 6.97. The molecule has 31 heavy (non-hydrogen) atoms. The monoisotopic (exact) mass is 423 g/mol. The number of hydrogen-bond donors (Lipinski definition) is 1. The Bertz CT molecular complexity index is 982. The van der Waals surface area contributed by atoms with E-state index < -0.39 is 5.97 Å². The Balaban J connectivity index is 1.55. The summed E-state index contributed by atoms with van der Waals surface area (Å²) in [6, 6.07) is 18.5. The molecule has 3 rings (SSSR count). The fraction of sp³-hybridized carbons (Fsp3) is 0.250. The van der Waals surface area contributed by atoms with E-state index in [0.29, 0.717) is 37.5 Å². The number of carbonyl (C=O) groups is 2. The molecule has 0 spiro atoms. The minimum absolute atomic E-state index is 0.0946. The van der Waals surface area contributed by atoms with Gasteiger partial charge in [0.25, 0.3) is 5.91 Å². The van der Waals surface area contributed by atoms with Crippen LogP contribution in [0, 0.1) is 0 Å². The molecule has 0 unspecified atom stereocenters. The van der Waals surface area contributed by atoms with E-state index in [0.717, 1.165) is 16.9 Å². The summed E-state index contributed by atoms with van der Waals surface area (Å²) in [4.78, 5) is 24.9. The Hall–Kier alpha value is -3.58. The molecule has 1 heterocycles. The number of para-hydroxylation sites is 1. The van der Waals surface area contributed by atoms with Crippen LogP contribution in [-0.4, -0.2) is 48.8 Å². The van der Waals surface area contributed by atoms with Gasteiger partial charge >= 0.3 is 5.97 Å². The van der Waals surface area contributed by atoms with Crippen LogP contribution in [0.2, 0.25) is 0 Å². The molecule has 3 aromatic rings. The lowest BCUT2D eigenvalue weighted by Gasteiger charge is -2.19. The predicted molar refractivity (Wildman–Crippen MR) is 115 cm³/mol. The van der Waals surface area contributed by atoms with Gasteiger partial charge in [-0.2, -0.15) is 0 Å². The highest BCUT2D eigenvalue weighted by Gasteiger charge is 2.15. The van der Waals surface area contributed by atoms with Crippen molar-refractivity contribution in [3.63, 3.8) is 0 Å². The van der Waals surface area contributed by atoms with Gasteiger partial charge in [-0.25, -0.2) is 4.79 Å². The average molecular weight is 423 g/mol. The van der Waals surface area contributed by atoms with Gasteiger partial charge in [-0.1, -0.05) is 30.3 Å². The first-order valence-electron chi connectivity index (χ1n) is 9.94. The van der Waals surface area contributed by atoms with Gasteiger partial charge in [0.15, 0.2) is 0 Å². The maximum absolute atomic E-state index is 12.8. The van der Waals surface area contributed by atoms with E-state index in [1.54, 1.807) is 30.3 Å². The molecular weight excluding hydrogens is 398 g/mol. The van der Waals surface area contributed by atoms with Crippen LogP contribution in [0.25, 0.3) is 11.3 Å². The molecule has 7 heteroatoms. The van der Waals surface area contributed by atoms with E-state index >= 15 is 0 Å². The summed E-state index contributed by atoms with van der Waals surface area (Å²) in [6.45, 7) is 0.778. The van der Waals surface area contributed by atoms with E-state index in [4.69, 9.17) is 19.0 Å². The number of ether oxygens (including phenoxy) is 2. The van der Waals surface area contributed by atoms with Crippen LogP contribution in [-0.2, 0) is 16.1 Å². The molecule has 0 aliphatic carbocycles. The smallest absolute Gasteiger partial charge is 0.329 e. The quantitative estimate of drug-likeness (QED) is 0.467. The molecule has 0 fully saturated rings. The molecule has 0 radical (unpaired) electrons. The molecule has 0 saturated heterocycles. The van der Waals surface area contributed by atoms with Gasteiger partial charge in [-0.05, 0) is 30.3 Å². The Kier molecular flexibility index (Phi) is 7.84. The van der Waals surface area contributed by atoms with Crippen LogP contribution in [0.5, 0.6) is 5.75 Å². The number of carbonyl (C=O) groups excluding carboxylic acids is 1. The van der Waals surface area contributed by atoms with Crippen molar-refractivity contribution < 1.29 is 28.6 Å². The number of carboxylic acid groups (broad SMARTS) is 1. The molecule has 0 aliphatic heterocycles. The third-order valence-electron chi connectivity index (χ3n) is 4.58. The molecule has 1 aromatic heterocycles. The van der Waals surface area contributed by atoms with Crippen molar-refractivity contribution in [2.24, 2.45) is 0 Å². The molecule has 0 aliphatic rings. The fourth-order valence-electron chi connectivity index (χ4n) is 3.05. The van der Waals surface area contributed by atoms with Crippen molar-refractivity contribution in [2.75, 3.05) is 26.9 Å². The highest BCUT2D eigenvalue weighted by molar-refractivity contribution is 5.94. The lowest BCUT2D eigenvalue weighted by molar-refractivity contribution is -0.142. The summed E-state index contributed by atoms with van der Waals surface area (Å²) in [5, 5.41) is 8.56. The second kappa shape index (κ2) is 11.0. The number of nitrogens with zero attached hydrogens (tertiary/aromatic N) is 1. The minimum Gasteiger partial charge on any atom is -0.493 e. The molecular formula is C24H25NO6. The van der Waals surface area contributed by atoms with Gasteiger partial charge in [0.1, 0.15) is 18.1 Å². The van der Waals surface area contributed by atoms with E-state index in [-0.39, 0.29) is 12.5 Å². The third-order valence-corrected chi connectivity index (χ3v) is 4.58. The molecule has 162 valence electrons. The Morgan fingerprint density at radius 2 is 1.77 bits per heavy atom. The molecule has 0 saturated carbocycles. The zero-order valence-electron chi connectivity index (χ0n) is 17.3. The topological polar surface area (TPSA) is 89.2 Å². The molecule has 1 N–H and O–H groups in total. The average Bonchev–Trinajstić information content (AvgIpc) is 3.31. The summed E-state index contributed by atoms with van der Waals surface area (Å²) in [6.07, 6.45) is 2.18. The van der Waals surface area contributed by atoms with Gasteiger partial charge < -0.3 is 23.9 Å². The lowest BCUT2D eigenvalue weighted by Crippen LogP contribution is -2.26. The van der Waals surface area contributed by atoms with Crippen molar-refractivity contribution >= 4 is 11.9 Å². The Morgan fingerprint density at radius 3 is 2.48 bits per heavy atom. The predicted octanol–water partition coefficient (Wildman–Crippen LogP) is 4.09. The number of furan rings is 1. The van der Waals surface area contributed by atoms with Crippen molar-refractivity contribution in [1.82, 2.24) is 4.90 Å². The number of carboxylic acids is 1. The maximum atomic E-state index is 12.8. The summed E-state index contributed by atoms with van der Waals surface area (Å²) in [5.41, 5.74) is 2.39. The summed E-state index contributed by atoms with van der Waals surface area (Å²) in [7, 11) is 1.75. The van der Waals surface area contributed by atoms with Crippen LogP contribution in [0.15, 0.2) is 71.3 Å². The van der Waals surface area contributed by atoms with Crippen LogP contribution in [0.3, 0.4) is 0 Å². The van der Waals surface area contributed by atoms with Crippen molar-refractivity contribution in [3.05, 3.63) is 78.1 Å².